The van der Waals surface area contributed by atoms with E-state index in [1.807, 2.05) is 30.3 Å². The van der Waals surface area contributed by atoms with E-state index < -0.39 is 23.6 Å². The molecule has 0 saturated heterocycles. The molecule has 0 aromatic heterocycles. The van der Waals surface area contributed by atoms with Gasteiger partial charge in [-0.05, 0) is 31.0 Å². The molecule has 1 aliphatic rings. The standard InChI is InChI=1S/C22H24O6/c1-22(2,26)20-15(12-23)18-16(27-3)11-14(17(21(24)25)19(18)28-20)10-9-13-7-5-4-6-8-13/h4-11,15,20,23,26H,12H2,1-3H3,(H,24,25)/b10-9+. The molecule has 2 aromatic rings. The summed E-state index contributed by atoms with van der Waals surface area (Å²) in [6, 6.07) is 11.1. The van der Waals surface area contributed by atoms with Crippen LogP contribution in [0, 0.1) is 0 Å². The van der Waals surface area contributed by atoms with E-state index in [1.54, 1.807) is 32.1 Å². The van der Waals surface area contributed by atoms with Crippen LogP contribution in [0.15, 0.2) is 36.4 Å². The number of hydrogen-bond acceptors (Lipinski definition) is 5. The Balaban J connectivity index is 2.18. The number of aliphatic hydroxyl groups excluding tert-OH is 1. The Bertz CT molecular complexity index is 895. The van der Waals surface area contributed by atoms with Gasteiger partial charge in [-0.25, -0.2) is 4.79 Å². The maximum Gasteiger partial charge on any atom is 0.340 e. The summed E-state index contributed by atoms with van der Waals surface area (Å²) in [4.78, 5) is 12.1. The SMILES string of the molecule is COc1cc(/C=C/c2ccccc2)c(C(=O)O)c2c1C(CO)C(C(C)(C)O)O2. The number of fused-ring (bicyclic) bond motifs is 1. The Morgan fingerprint density at radius 3 is 2.46 bits per heavy atom. The molecular formula is C22H24O6. The summed E-state index contributed by atoms with van der Waals surface area (Å²) in [6.45, 7) is 2.82. The number of carboxylic acids is 1. The molecular weight excluding hydrogens is 360 g/mol. The zero-order valence-electron chi connectivity index (χ0n) is 16.0. The van der Waals surface area contributed by atoms with E-state index in [4.69, 9.17) is 9.47 Å². The molecule has 6 nitrogen and oxygen atoms in total. The molecule has 0 saturated carbocycles. The van der Waals surface area contributed by atoms with Gasteiger partial charge >= 0.3 is 5.97 Å². The zero-order chi connectivity index (χ0) is 20.5. The summed E-state index contributed by atoms with van der Waals surface area (Å²) in [5.41, 5.74) is 0.495. The second-order valence-corrected chi connectivity index (χ2v) is 7.32. The lowest BCUT2D eigenvalue weighted by molar-refractivity contribution is -0.0416. The largest absolute Gasteiger partial charge is 0.496 e. The third-order valence-corrected chi connectivity index (χ3v) is 4.88. The van der Waals surface area contributed by atoms with Gasteiger partial charge in [-0.15, -0.1) is 0 Å². The number of methoxy groups -OCH3 is 1. The van der Waals surface area contributed by atoms with Crippen molar-refractivity contribution >= 4 is 18.1 Å². The Morgan fingerprint density at radius 1 is 1.25 bits per heavy atom. The predicted molar refractivity (Wildman–Crippen MR) is 106 cm³/mol. The first-order chi connectivity index (χ1) is 13.3. The van der Waals surface area contributed by atoms with Gasteiger partial charge in [-0.3, -0.25) is 0 Å². The van der Waals surface area contributed by atoms with Crippen molar-refractivity contribution in [1.82, 2.24) is 0 Å². The van der Waals surface area contributed by atoms with Crippen molar-refractivity contribution in [1.29, 1.82) is 0 Å². The van der Waals surface area contributed by atoms with E-state index in [-0.39, 0.29) is 17.9 Å². The molecule has 0 aliphatic carbocycles. The Labute approximate surface area is 163 Å². The average molecular weight is 384 g/mol. The second kappa shape index (κ2) is 7.66. The molecule has 2 unspecified atom stereocenters. The molecule has 2 aromatic carbocycles. The molecule has 6 heteroatoms. The average Bonchev–Trinajstić information content (AvgIpc) is 3.05. The van der Waals surface area contributed by atoms with Crippen molar-refractivity contribution in [2.24, 2.45) is 0 Å². The van der Waals surface area contributed by atoms with Gasteiger partial charge in [0, 0.05) is 5.56 Å². The fraction of sp³-hybridized carbons (Fsp3) is 0.318. The van der Waals surface area contributed by atoms with Crippen molar-refractivity contribution < 1.29 is 29.6 Å². The first-order valence-corrected chi connectivity index (χ1v) is 8.99. The van der Waals surface area contributed by atoms with Gasteiger partial charge in [0.1, 0.15) is 23.2 Å². The molecule has 148 valence electrons. The Kier molecular flexibility index (Phi) is 5.45. The van der Waals surface area contributed by atoms with Gasteiger partial charge in [-0.1, -0.05) is 42.5 Å². The third-order valence-electron chi connectivity index (χ3n) is 4.88. The van der Waals surface area contributed by atoms with Gasteiger partial charge in [0.15, 0.2) is 0 Å². The molecule has 0 spiro atoms. The van der Waals surface area contributed by atoms with Gasteiger partial charge in [0.05, 0.1) is 25.2 Å². The van der Waals surface area contributed by atoms with Crippen LogP contribution >= 0.6 is 0 Å². The first kappa shape index (κ1) is 19.9. The Hall–Kier alpha value is -2.83. The Morgan fingerprint density at radius 2 is 1.93 bits per heavy atom. The van der Waals surface area contributed by atoms with Crippen LogP contribution in [-0.2, 0) is 0 Å². The lowest BCUT2D eigenvalue weighted by atomic mass is 9.85. The molecule has 1 aliphatic heterocycles. The van der Waals surface area contributed by atoms with Crippen LogP contribution in [0.25, 0.3) is 12.2 Å². The predicted octanol–water partition coefficient (Wildman–Crippen LogP) is 3.17. The number of rotatable bonds is 6. The van der Waals surface area contributed by atoms with Gasteiger partial charge < -0.3 is 24.8 Å². The highest BCUT2D eigenvalue weighted by molar-refractivity contribution is 5.98. The van der Waals surface area contributed by atoms with E-state index in [0.717, 1.165) is 5.56 Å². The number of benzene rings is 2. The lowest BCUT2D eigenvalue weighted by Gasteiger charge is -2.29. The van der Waals surface area contributed by atoms with Gasteiger partial charge in [0.25, 0.3) is 0 Å². The minimum Gasteiger partial charge on any atom is -0.496 e. The topological polar surface area (TPSA) is 96.2 Å². The number of aliphatic hydroxyl groups is 2. The molecule has 3 rings (SSSR count). The smallest absolute Gasteiger partial charge is 0.340 e. The monoisotopic (exact) mass is 384 g/mol. The highest BCUT2D eigenvalue weighted by atomic mass is 16.5. The highest BCUT2D eigenvalue weighted by Crippen LogP contribution is 2.49. The molecule has 0 amide bonds. The molecule has 28 heavy (non-hydrogen) atoms. The van der Waals surface area contributed by atoms with E-state index >= 15 is 0 Å². The molecule has 3 N–H and O–H groups in total. The molecule has 1 heterocycles. The minimum absolute atomic E-state index is 0.0202. The lowest BCUT2D eigenvalue weighted by Crippen LogP contribution is -2.42. The minimum atomic E-state index is -1.28. The molecule has 0 bridgehead atoms. The third kappa shape index (κ3) is 3.61. The zero-order valence-corrected chi connectivity index (χ0v) is 16.0. The van der Waals surface area contributed by atoms with Crippen molar-refractivity contribution in [2.45, 2.75) is 31.5 Å². The summed E-state index contributed by atoms with van der Waals surface area (Å²) in [6.07, 6.45) is 2.70. The van der Waals surface area contributed by atoms with E-state index in [9.17, 15) is 20.1 Å². The number of hydrogen-bond donors (Lipinski definition) is 3. The van der Waals surface area contributed by atoms with Crippen LogP contribution in [0.3, 0.4) is 0 Å². The van der Waals surface area contributed by atoms with E-state index in [1.165, 1.54) is 7.11 Å². The van der Waals surface area contributed by atoms with Crippen LogP contribution in [0.5, 0.6) is 11.5 Å². The highest BCUT2D eigenvalue weighted by Gasteiger charge is 2.46. The number of carboxylic acid groups (broad SMARTS) is 1. The fourth-order valence-corrected chi connectivity index (χ4v) is 3.60. The van der Waals surface area contributed by atoms with Crippen molar-refractivity contribution in [3.8, 4) is 11.5 Å². The van der Waals surface area contributed by atoms with Crippen molar-refractivity contribution in [3.05, 3.63) is 58.7 Å². The molecule has 0 radical (unpaired) electrons. The maximum atomic E-state index is 12.1. The summed E-state index contributed by atoms with van der Waals surface area (Å²) < 4.78 is 11.4. The van der Waals surface area contributed by atoms with Gasteiger partial charge in [-0.2, -0.15) is 0 Å². The second-order valence-electron chi connectivity index (χ2n) is 7.32. The number of aromatic carboxylic acids is 1. The molecule has 0 fully saturated rings. The van der Waals surface area contributed by atoms with Crippen molar-refractivity contribution in [2.75, 3.05) is 13.7 Å². The van der Waals surface area contributed by atoms with Crippen LogP contribution < -0.4 is 9.47 Å². The van der Waals surface area contributed by atoms with Crippen LogP contribution in [0.2, 0.25) is 0 Å². The summed E-state index contributed by atoms with van der Waals surface area (Å²) in [5, 5.41) is 30.2. The number of ether oxygens (including phenoxy) is 2. The summed E-state index contributed by atoms with van der Waals surface area (Å²) in [5.74, 6) is -1.21. The van der Waals surface area contributed by atoms with Crippen molar-refractivity contribution in [3.63, 3.8) is 0 Å². The maximum absolute atomic E-state index is 12.1. The normalized spacial score (nSPS) is 18.8. The fourth-order valence-electron chi connectivity index (χ4n) is 3.60. The first-order valence-electron chi connectivity index (χ1n) is 8.99. The summed E-state index contributed by atoms with van der Waals surface area (Å²) in [7, 11) is 1.48. The van der Waals surface area contributed by atoms with Crippen LogP contribution in [0.1, 0.15) is 46.8 Å². The summed E-state index contributed by atoms with van der Waals surface area (Å²) >= 11 is 0. The van der Waals surface area contributed by atoms with Gasteiger partial charge in [0.2, 0.25) is 0 Å². The number of carbonyl (C=O) groups is 1. The van der Waals surface area contributed by atoms with Crippen LogP contribution in [0.4, 0.5) is 0 Å². The van der Waals surface area contributed by atoms with E-state index in [0.29, 0.717) is 16.9 Å². The van der Waals surface area contributed by atoms with Crippen LogP contribution in [-0.4, -0.2) is 46.7 Å². The van der Waals surface area contributed by atoms with E-state index in [2.05, 4.69) is 0 Å². The quantitative estimate of drug-likeness (QED) is 0.662. The molecule has 2 atom stereocenters.